The highest BCUT2D eigenvalue weighted by Gasteiger charge is 2.14. The first kappa shape index (κ1) is 24.0. The molecule has 0 radical (unpaired) electrons. The van der Waals surface area contributed by atoms with Gasteiger partial charge in [-0.1, -0.05) is 36.4 Å². The van der Waals surface area contributed by atoms with Crippen LogP contribution in [0.1, 0.15) is 28.2 Å². The van der Waals surface area contributed by atoms with Crippen molar-refractivity contribution in [2.24, 2.45) is 0 Å². The molecule has 1 aromatic heterocycles. The van der Waals surface area contributed by atoms with E-state index in [1.165, 1.54) is 12.1 Å². The molecule has 0 atom stereocenters. The number of carbonyl (C=O) groups excluding carboxylic acids is 1. The smallest absolute Gasteiger partial charge is 0.254 e. The van der Waals surface area contributed by atoms with Crippen LogP contribution in [0.15, 0.2) is 79.4 Å². The number of halogens is 1. The molecule has 0 saturated heterocycles. The van der Waals surface area contributed by atoms with E-state index in [-0.39, 0.29) is 12.1 Å². The molecule has 1 N–H and O–H groups in total. The summed E-state index contributed by atoms with van der Waals surface area (Å²) in [6, 6.07) is 19.6. The molecule has 0 aliphatic heterocycles. The first-order valence-electron chi connectivity index (χ1n) is 11.5. The predicted octanol–water partition coefficient (Wildman–Crippen LogP) is 5.31. The molecule has 0 spiro atoms. The summed E-state index contributed by atoms with van der Waals surface area (Å²) in [7, 11) is 1.62. The Bertz CT molecular complexity index is 1330. The number of carbonyl (C=O) groups is 1. The SMILES string of the molecule is C=CCc1ccc(OCCCn2c(CNC(=O)c3ccccc3F)nc3ccccc32)c(OC)c1. The lowest BCUT2D eigenvalue weighted by atomic mass is 10.1. The number of benzene rings is 3. The van der Waals surface area contributed by atoms with E-state index < -0.39 is 11.7 Å². The first-order valence-corrected chi connectivity index (χ1v) is 11.5. The van der Waals surface area contributed by atoms with E-state index in [9.17, 15) is 9.18 Å². The van der Waals surface area contributed by atoms with Crippen molar-refractivity contribution in [2.75, 3.05) is 13.7 Å². The molecular weight excluding hydrogens is 445 g/mol. The number of hydrogen-bond donors (Lipinski definition) is 1. The number of nitrogens with zero attached hydrogens (tertiary/aromatic N) is 2. The fraction of sp³-hybridized carbons (Fsp3) is 0.214. The van der Waals surface area contributed by atoms with E-state index in [1.807, 2.05) is 48.5 Å². The zero-order chi connectivity index (χ0) is 24.6. The topological polar surface area (TPSA) is 65.4 Å². The molecule has 4 rings (SSSR count). The standard InChI is InChI=1S/C28H28FN3O3/c1-3-9-20-14-15-25(26(18-20)34-2)35-17-8-16-32-24-13-7-6-12-23(24)31-27(32)19-30-28(33)21-10-4-5-11-22(21)29/h3-7,10-15,18H,1,8-9,16-17,19H2,2H3,(H,30,33). The van der Waals surface area contributed by atoms with Crippen LogP contribution >= 0.6 is 0 Å². The van der Waals surface area contributed by atoms with Crippen LogP contribution in [0.4, 0.5) is 4.39 Å². The van der Waals surface area contributed by atoms with Gasteiger partial charge in [0.15, 0.2) is 11.5 Å². The molecule has 1 amide bonds. The van der Waals surface area contributed by atoms with Crippen LogP contribution in [0.2, 0.25) is 0 Å². The zero-order valence-corrected chi connectivity index (χ0v) is 19.7. The number of para-hydroxylation sites is 2. The fourth-order valence-electron chi connectivity index (χ4n) is 3.94. The Hall–Kier alpha value is -4.13. The van der Waals surface area contributed by atoms with E-state index in [4.69, 9.17) is 9.47 Å². The Labute approximate surface area is 204 Å². The van der Waals surface area contributed by atoms with Gasteiger partial charge in [0.25, 0.3) is 5.91 Å². The Morgan fingerprint density at radius 1 is 1.11 bits per heavy atom. The third kappa shape index (κ3) is 5.69. The lowest BCUT2D eigenvalue weighted by molar-refractivity contribution is 0.0945. The summed E-state index contributed by atoms with van der Waals surface area (Å²) in [6.07, 6.45) is 3.33. The van der Waals surface area contributed by atoms with Crippen molar-refractivity contribution in [3.63, 3.8) is 0 Å². The number of imidazole rings is 1. The number of methoxy groups -OCH3 is 1. The maximum Gasteiger partial charge on any atom is 0.254 e. The van der Waals surface area contributed by atoms with Gasteiger partial charge in [-0.2, -0.15) is 0 Å². The second-order valence-corrected chi connectivity index (χ2v) is 8.01. The summed E-state index contributed by atoms with van der Waals surface area (Å²) in [5.74, 6) is 1.05. The quantitative estimate of drug-likeness (QED) is 0.237. The van der Waals surface area contributed by atoms with Gasteiger partial charge in [-0.05, 0) is 54.8 Å². The highest BCUT2D eigenvalue weighted by molar-refractivity contribution is 5.94. The van der Waals surface area contributed by atoms with E-state index in [2.05, 4.69) is 21.4 Å². The van der Waals surface area contributed by atoms with Gasteiger partial charge in [-0.15, -0.1) is 6.58 Å². The van der Waals surface area contributed by atoms with Crippen molar-refractivity contribution in [3.8, 4) is 11.5 Å². The number of nitrogens with one attached hydrogen (secondary N) is 1. The molecule has 6 nitrogen and oxygen atoms in total. The van der Waals surface area contributed by atoms with Crippen LogP contribution in [0.25, 0.3) is 11.0 Å². The molecule has 0 aliphatic carbocycles. The summed E-state index contributed by atoms with van der Waals surface area (Å²) in [5, 5.41) is 2.79. The number of aromatic nitrogens is 2. The van der Waals surface area contributed by atoms with Crippen LogP contribution in [-0.4, -0.2) is 29.2 Å². The van der Waals surface area contributed by atoms with Gasteiger partial charge in [0, 0.05) is 6.54 Å². The summed E-state index contributed by atoms with van der Waals surface area (Å²) in [4.78, 5) is 17.2. The molecular formula is C28H28FN3O3. The minimum absolute atomic E-state index is 0.0108. The molecule has 4 aromatic rings. The predicted molar refractivity (Wildman–Crippen MR) is 134 cm³/mol. The van der Waals surface area contributed by atoms with Crippen molar-refractivity contribution in [3.05, 3.63) is 102 Å². The fourth-order valence-corrected chi connectivity index (χ4v) is 3.94. The second-order valence-electron chi connectivity index (χ2n) is 8.01. The van der Waals surface area contributed by atoms with E-state index in [0.29, 0.717) is 36.9 Å². The summed E-state index contributed by atoms with van der Waals surface area (Å²) >= 11 is 0. The van der Waals surface area contributed by atoms with Crippen molar-refractivity contribution in [1.82, 2.24) is 14.9 Å². The highest BCUT2D eigenvalue weighted by Crippen LogP contribution is 2.28. The van der Waals surface area contributed by atoms with Crippen LogP contribution in [0.5, 0.6) is 11.5 Å². The third-order valence-electron chi connectivity index (χ3n) is 5.65. The number of amides is 1. The summed E-state index contributed by atoms with van der Waals surface area (Å²) in [6.45, 7) is 5.07. The minimum atomic E-state index is -0.552. The van der Waals surface area contributed by atoms with Crippen LogP contribution in [-0.2, 0) is 19.5 Å². The normalized spacial score (nSPS) is 10.8. The number of hydrogen-bond acceptors (Lipinski definition) is 4. The first-order chi connectivity index (χ1) is 17.1. The minimum Gasteiger partial charge on any atom is -0.493 e. The van der Waals surface area contributed by atoms with Crippen LogP contribution in [0.3, 0.4) is 0 Å². The Balaban J connectivity index is 1.42. The highest BCUT2D eigenvalue weighted by atomic mass is 19.1. The molecule has 35 heavy (non-hydrogen) atoms. The van der Waals surface area contributed by atoms with Gasteiger partial charge in [0.2, 0.25) is 0 Å². The van der Waals surface area contributed by atoms with Gasteiger partial charge in [-0.3, -0.25) is 4.79 Å². The van der Waals surface area contributed by atoms with Crippen LogP contribution in [0, 0.1) is 5.82 Å². The van der Waals surface area contributed by atoms with Crippen molar-refractivity contribution < 1.29 is 18.7 Å². The van der Waals surface area contributed by atoms with Crippen LogP contribution < -0.4 is 14.8 Å². The van der Waals surface area contributed by atoms with Gasteiger partial charge in [-0.25, -0.2) is 9.37 Å². The van der Waals surface area contributed by atoms with E-state index >= 15 is 0 Å². The number of aryl methyl sites for hydroxylation is 1. The maximum atomic E-state index is 14.0. The molecule has 1 heterocycles. The average Bonchev–Trinajstić information content (AvgIpc) is 3.23. The van der Waals surface area contributed by atoms with E-state index in [1.54, 1.807) is 19.2 Å². The molecule has 7 heteroatoms. The van der Waals surface area contributed by atoms with Gasteiger partial charge >= 0.3 is 0 Å². The average molecular weight is 474 g/mol. The molecule has 0 saturated carbocycles. The molecule has 0 unspecified atom stereocenters. The van der Waals surface area contributed by atoms with Gasteiger partial charge in [0.1, 0.15) is 11.6 Å². The zero-order valence-electron chi connectivity index (χ0n) is 19.7. The maximum absolute atomic E-state index is 14.0. The van der Waals surface area contributed by atoms with Crippen molar-refractivity contribution >= 4 is 16.9 Å². The number of rotatable bonds is 11. The van der Waals surface area contributed by atoms with Gasteiger partial charge < -0.3 is 19.4 Å². The monoisotopic (exact) mass is 473 g/mol. The Morgan fingerprint density at radius 3 is 2.71 bits per heavy atom. The molecule has 0 bridgehead atoms. The van der Waals surface area contributed by atoms with Gasteiger partial charge in [0.05, 0.1) is 36.9 Å². The third-order valence-corrected chi connectivity index (χ3v) is 5.65. The molecule has 180 valence electrons. The number of allylic oxidation sites excluding steroid dienone is 1. The molecule has 0 fully saturated rings. The number of fused-ring (bicyclic) bond motifs is 1. The Kier molecular flexibility index (Phi) is 7.77. The lowest BCUT2D eigenvalue weighted by Crippen LogP contribution is -2.25. The second kappa shape index (κ2) is 11.3. The molecule has 3 aromatic carbocycles. The van der Waals surface area contributed by atoms with Crippen molar-refractivity contribution in [2.45, 2.75) is 25.9 Å². The molecule has 0 aliphatic rings. The largest absolute Gasteiger partial charge is 0.493 e. The lowest BCUT2D eigenvalue weighted by Gasteiger charge is -2.13. The summed E-state index contributed by atoms with van der Waals surface area (Å²) in [5.41, 5.74) is 2.92. The van der Waals surface area contributed by atoms with Crippen molar-refractivity contribution in [1.29, 1.82) is 0 Å². The summed E-state index contributed by atoms with van der Waals surface area (Å²) < 4.78 is 27.5. The number of ether oxygens (including phenoxy) is 2. The Morgan fingerprint density at radius 2 is 1.91 bits per heavy atom. The van der Waals surface area contributed by atoms with E-state index in [0.717, 1.165) is 23.0 Å².